The molecule has 5 heteroatoms. The Morgan fingerprint density at radius 1 is 1.33 bits per heavy atom. The minimum Gasteiger partial charge on any atom is -0.366 e. The molecule has 0 spiro atoms. The maximum Gasteiger partial charge on any atom is 0.248 e. The molecular formula is C13H14N4O. The van der Waals surface area contributed by atoms with Crippen LogP contribution < -0.4 is 11.1 Å². The summed E-state index contributed by atoms with van der Waals surface area (Å²) in [6.07, 6.45) is 2.49. The zero-order valence-corrected chi connectivity index (χ0v) is 9.81. The van der Waals surface area contributed by atoms with Crippen molar-refractivity contribution in [2.75, 3.05) is 5.32 Å². The van der Waals surface area contributed by atoms with Crippen LogP contribution >= 0.6 is 0 Å². The minimum atomic E-state index is -0.419. The second-order valence-corrected chi connectivity index (χ2v) is 4.55. The van der Waals surface area contributed by atoms with Gasteiger partial charge < -0.3 is 11.1 Å². The number of nitrogens with one attached hydrogen (secondary N) is 2. The van der Waals surface area contributed by atoms with Crippen LogP contribution in [-0.4, -0.2) is 16.1 Å². The number of primary amides is 1. The molecular weight excluding hydrogens is 228 g/mol. The molecule has 92 valence electrons. The molecule has 0 saturated heterocycles. The highest BCUT2D eigenvalue weighted by molar-refractivity contribution is 5.93. The van der Waals surface area contributed by atoms with Crippen molar-refractivity contribution < 1.29 is 4.79 Å². The first-order valence-corrected chi connectivity index (χ1v) is 5.94. The number of aromatic nitrogens is 2. The van der Waals surface area contributed by atoms with Gasteiger partial charge in [0.2, 0.25) is 5.91 Å². The number of carbonyl (C=O) groups is 1. The van der Waals surface area contributed by atoms with Gasteiger partial charge in [-0.15, -0.1) is 0 Å². The molecule has 0 bridgehead atoms. The fraction of sp³-hybridized carbons (Fsp3) is 0.231. The van der Waals surface area contributed by atoms with Crippen LogP contribution in [-0.2, 0) is 0 Å². The van der Waals surface area contributed by atoms with Gasteiger partial charge >= 0.3 is 0 Å². The van der Waals surface area contributed by atoms with Gasteiger partial charge in [-0.05, 0) is 37.1 Å². The van der Waals surface area contributed by atoms with E-state index in [0.717, 1.165) is 11.5 Å². The van der Waals surface area contributed by atoms with Crippen molar-refractivity contribution in [1.82, 2.24) is 10.2 Å². The van der Waals surface area contributed by atoms with E-state index in [1.165, 1.54) is 18.5 Å². The molecule has 0 atom stereocenters. The number of hydrogen-bond donors (Lipinski definition) is 3. The normalized spacial score (nSPS) is 14.4. The monoisotopic (exact) mass is 242 g/mol. The lowest BCUT2D eigenvalue weighted by atomic mass is 10.2. The second kappa shape index (κ2) is 4.18. The topological polar surface area (TPSA) is 83.8 Å². The number of H-pyrrole nitrogens is 1. The molecule has 5 nitrogen and oxygen atoms in total. The average Bonchev–Trinajstić information content (AvgIpc) is 3.11. The van der Waals surface area contributed by atoms with Gasteiger partial charge in [-0.3, -0.25) is 9.89 Å². The number of nitrogens with two attached hydrogens (primary N) is 1. The molecule has 2 aromatic rings. The quantitative estimate of drug-likeness (QED) is 0.767. The van der Waals surface area contributed by atoms with Gasteiger partial charge in [0.1, 0.15) is 0 Å². The Labute approximate surface area is 104 Å². The fourth-order valence-corrected chi connectivity index (χ4v) is 1.87. The Balaban J connectivity index is 1.72. The molecule has 0 radical (unpaired) electrons. The number of nitrogens with zero attached hydrogens (tertiary/aromatic N) is 1. The van der Waals surface area contributed by atoms with Crippen LogP contribution in [0.5, 0.6) is 0 Å². The van der Waals surface area contributed by atoms with Crippen LogP contribution in [0.1, 0.15) is 34.8 Å². The van der Waals surface area contributed by atoms with Crippen LogP contribution in [0.2, 0.25) is 0 Å². The lowest BCUT2D eigenvalue weighted by Gasteiger charge is -2.02. The van der Waals surface area contributed by atoms with E-state index in [0.29, 0.717) is 11.5 Å². The van der Waals surface area contributed by atoms with Crippen molar-refractivity contribution >= 4 is 17.4 Å². The van der Waals surface area contributed by atoms with Crippen molar-refractivity contribution in [2.24, 2.45) is 5.73 Å². The van der Waals surface area contributed by atoms with E-state index >= 15 is 0 Å². The number of amides is 1. The molecule has 1 heterocycles. The largest absolute Gasteiger partial charge is 0.366 e. The van der Waals surface area contributed by atoms with Crippen LogP contribution in [0.15, 0.2) is 30.3 Å². The predicted octanol–water partition coefficient (Wildman–Crippen LogP) is 2.13. The first kappa shape index (κ1) is 10.8. The molecule has 3 rings (SSSR count). The highest BCUT2D eigenvalue weighted by Crippen LogP contribution is 2.39. The Morgan fingerprint density at radius 2 is 2.06 bits per heavy atom. The van der Waals surface area contributed by atoms with E-state index in [1.807, 2.05) is 18.2 Å². The van der Waals surface area contributed by atoms with Crippen molar-refractivity contribution in [3.8, 4) is 0 Å². The summed E-state index contributed by atoms with van der Waals surface area (Å²) < 4.78 is 0. The molecule has 18 heavy (non-hydrogen) atoms. The van der Waals surface area contributed by atoms with Crippen molar-refractivity contribution in [3.63, 3.8) is 0 Å². The summed E-state index contributed by atoms with van der Waals surface area (Å²) in [4.78, 5) is 10.9. The third-order valence-corrected chi connectivity index (χ3v) is 3.06. The van der Waals surface area contributed by atoms with Gasteiger partial charge in [0, 0.05) is 28.9 Å². The summed E-state index contributed by atoms with van der Waals surface area (Å²) in [5.74, 6) is 1.03. The van der Waals surface area contributed by atoms with Gasteiger partial charge in [0.25, 0.3) is 0 Å². The molecule has 1 aromatic heterocycles. The maximum absolute atomic E-state index is 10.9. The first-order chi connectivity index (χ1) is 8.72. The number of aromatic amines is 1. The van der Waals surface area contributed by atoms with Gasteiger partial charge in [-0.1, -0.05) is 0 Å². The first-order valence-electron chi connectivity index (χ1n) is 5.94. The third-order valence-electron chi connectivity index (χ3n) is 3.06. The molecule has 1 amide bonds. The fourth-order valence-electron chi connectivity index (χ4n) is 1.87. The number of anilines is 2. The maximum atomic E-state index is 10.9. The lowest BCUT2D eigenvalue weighted by Crippen LogP contribution is -2.10. The molecule has 1 saturated carbocycles. The number of hydrogen-bond acceptors (Lipinski definition) is 3. The minimum absolute atomic E-state index is 0.419. The summed E-state index contributed by atoms with van der Waals surface area (Å²) in [6, 6.07) is 9.04. The number of benzene rings is 1. The van der Waals surface area contributed by atoms with E-state index in [-0.39, 0.29) is 0 Å². The molecule has 4 N–H and O–H groups in total. The van der Waals surface area contributed by atoms with Crippen molar-refractivity contribution in [3.05, 3.63) is 41.6 Å². The van der Waals surface area contributed by atoms with Crippen LogP contribution in [0.4, 0.5) is 11.5 Å². The van der Waals surface area contributed by atoms with Crippen LogP contribution in [0, 0.1) is 0 Å². The third kappa shape index (κ3) is 2.20. The van der Waals surface area contributed by atoms with E-state index in [2.05, 4.69) is 15.5 Å². The second-order valence-electron chi connectivity index (χ2n) is 4.55. The number of rotatable bonds is 4. The standard InChI is InChI=1S/C13H14N4O/c14-13(18)9-3-5-10(6-4-9)15-12-7-11(16-17-12)8-1-2-8/h3-8H,1-2H2,(H2,14,18)(H2,15,16,17). The van der Waals surface area contributed by atoms with Crippen molar-refractivity contribution in [1.29, 1.82) is 0 Å². The Bertz CT molecular complexity index is 569. The summed E-state index contributed by atoms with van der Waals surface area (Å²) in [5, 5.41) is 10.4. The molecule has 1 aliphatic carbocycles. The van der Waals surface area contributed by atoms with Gasteiger partial charge in [-0.25, -0.2) is 0 Å². The van der Waals surface area contributed by atoms with E-state index in [9.17, 15) is 4.79 Å². The Hall–Kier alpha value is -2.30. The van der Waals surface area contributed by atoms with E-state index < -0.39 is 5.91 Å². The predicted molar refractivity (Wildman–Crippen MR) is 68.8 cm³/mol. The average molecular weight is 242 g/mol. The van der Waals surface area contributed by atoms with E-state index in [1.54, 1.807) is 12.1 Å². The molecule has 0 aliphatic heterocycles. The van der Waals surface area contributed by atoms with Crippen LogP contribution in [0.25, 0.3) is 0 Å². The Kier molecular flexibility index (Phi) is 2.51. The molecule has 1 aliphatic rings. The van der Waals surface area contributed by atoms with Crippen molar-refractivity contribution in [2.45, 2.75) is 18.8 Å². The molecule has 1 fully saturated rings. The Morgan fingerprint density at radius 3 is 2.67 bits per heavy atom. The lowest BCUT2D eigenvalue weighted by molar-refractivity contribution is 0.100. The van der Waals surface area contributed by atoms with Gasteiger partial charge in [0.05, 0.1) is 0 Å². The summed E-state index contributed by atoms with van der Waals surface area (Å²) in [6.45, 7) is 0. The van der Waals surface area contributed by atoms with Crippen LogP contribution in [0.3, 0.4) is 0 Å². The zero-order valence-electron chi connectivity index (χ0n) is 9.81. The molecule has 0 unspecified atom stereocenters. The van der Waals surface area contributed by atoms with Gasteiger partial charge in [0.15, 0.2) is 5.82 Å². The zero-order chi connectivity index (χ0) is 12.5. The highest BCUT2D eigenvalue weighted by atomic mass is 16.1. The SMILES string of the molecule is NC(=O)c1ccc(Nc2cc(C3CC3)[nH]n2)cc1. The van der Waals surface area contributed by atoms with Gasteiger partial charge in [-0.2, -0.15) is 5.10 Å². The summed E-state index contributed by atoms with van der Waals surface area (Å²) in [7, 11) is 0. The number of carbonyl (C=O) groups excluding carboxylic acids is 1. The van der Waals surface area contributed by atoms with E-state index in [4.69, 9.17) is 5.73 Å². The highest BCUT2D eigenvalue weighted by Gasteiger charge is 2.25. The summed E-state index contributed by atoms with van der Waals surface area (Å²) >= 11 is 0. The molecule has 1 aromatic carbocycles. The smallest absolute Gasteiger partial charge is 0.248 e. The summed E-state index contributed by atoms with van der Waals surface area (Å²) in [5.41, 5.74) is 7.75.